The molecule has 0 radical (unpaired) electrons. The minimum atomic E-state index is -0.202. The van der Waals surface area contributed by atoms with Crippen LogP contribution in [0.25, 0.3) is 54.8 Å². The summed E-state index contributed by atoms with van der Waals surface area (Å²) in [6, 6.07) is 19.4. The number of H-pyrrole nitrogens is 2. The number of amides is 1. The topological polar surface area (TPSA) is 86.5 Å². The van der Waals surface area contributed by atoms with E-state index in [-0.39, 0.29) is 11.0 Å². The van der Waals surface area contributed by atoms with Gasteiger partial charge in [0, 0.05) is 44.9 Å². The first kappa shape index (κ1) is 22.2. The third kappa shape index (κ3) is 4.05. The summed E-state index contributed by atoms with van der Waals surface area (Å²) in [4.78, 5) is 20.7. The first-order chi connectivity index (χ1) is 17.6. The van der Waals surface area contributed by atoms with E-state index in [1.807, 2.05) is 49.4 Å². The number of nitrogens with zero attached hydrogens (tertiary/aromatic N) is 2. The van der Waals surface area contributed by atoms with Gasteiger partial charge in [-0.05, 0) is 54.4 Å². The fourth-order valence-electron chi connectivity index (χ4n) is 4.47. The van der Waals surface area contributed by atoms with Gasteiger partial charge in [0.2, 0.25) is 5.91 Å². The van der Waals surface area contributed by atoms with E-state index < -0.39 is 0 Å². The molecule has 0 aliphatic rings. The predicted molar refractivity (Wildman–Crippen MR) is 143 cm³/mol. The highest BCUT2D eigenvalue weighted by atomic mass is 32.1. The van der Waals surface area contributed by atoms with Gasteiger partial charge in [0.25, 0.3) is 0 Å². The average molecular weight is 496 g/mol. The molecule has 4 heterocycles. The number of carbonyl (C=O) groups excluding carboxylic acids is 1. The lowest BCUT2D eigenvalue weighted by atomic mass is 10.0. The number of thiophene rings is 1. The van der Waals surface area contributed by atoms with Gasteiger partial charge in [-0.15, -0.1) is 11.3 Å². The fraction of sp³-hybridized carbons (Fsp3) is 0.107. The number of hydrogen-bond acceptors (Lipinski definition) is 4. The summed E-state index contributed by atoms with van der Waals surface area (Å²) < 4.78 is 13.7. The maximum Gasteiger partial charge on any atom is 0.224 e. The van der Waals surface area contributed by atoms with E-state index >= 15 is 0 Å². The Balaban J connectivity index is 1.40. The van der Waals surface area contributed by atoms with Gasteiger partial charge in [0.05, 0.1) is 23.1 Å². The minimum absolute atomic E-state index is 0.0208. The molecule has 6 nitrogen and oxygen atoms in total. The Hall–Kier alpha value is -4.30. The average Bonchev–Trinajstić information content (AvgIpc) is 3.61. The highest BCUT2D eigenvalue weighted by Gasteiger charge is 2.15. The van der Waals surface area contributed by atoms with Gasteiger partial charge < -0.3 is 10.3 Å². The summed E-state index contributed by atoms with van der Waals surface area (Å²) in [6.07, 6.45) is 4.70. The highest BCUT2D eigenvalue weighted by Crippen LogP contribution is 2.37. The Morgan fingerprint density at radius 1 is 1.00 bits per heavy atom. The molecule has 0 saturated carbocycles. The molecule has 0 bridgehead atoms. The summed E-state index contributed by atoms with van der Waals surface area (Å²) in [6.45, 7) is 1.97. The molecule has 1 amide bonds. The largest absolute Gasteiger partial charge is 0.353 e. The highest BCUT2D eigenvalue weighted by molar-refractivity contribution is 7.14. The fourth-order valence-corrected chi connectivity index (χ4v) is 5.24. The van der Waals surface area contributed by atoms with E-state index in [4.69, 9.17) is 0 Å². The second kappa shape index (κ2) is 9.05. The molecule has 0 aliphatic heterocycles. The van der Waals surface area contributed by atoms with Crippen molar-refractivity contribution in [1.82, 2.24) is 20.2 Å². The van der Waals surface area contributed by atoms with Crippen molar-refractivity contribution in [3.63, 3.8) is 0 Å². The molecular formula is C28H22FN5OS. The molecular weight excluding hydrogens is 473 g/mol. The maximum absolute atomic E-state index is 13.7. The number of carbonyl (C=O) groups is 1. The van der Waals surface area contributed by atoms with Crippen molar-refractivity contribution < 1.29 is 9.18 Å². The summed E-state index contributed by atoms with van der Waals surface area (Å²) in [5, 5.41) is 12.4. The van der Waals surface area contributed by atoms with Crippen molar-refractivity contribution in [2.75, 3.05) is 5.32 Å². The van der Waals surface area contributed by atoms with Crippen LogP contribution >= 0.6 is 11.3 Å². The van der Waals surface area contributed by atoms with Crippen LogP contribution in [0.15, 0.2) is 73.1 Å². The number of pyridine rings is 1. The van der Waals surface area contributed by atoms with E-state index in [0.717, 1.165) is 72.5 Å². The van der Waals surface area contributed by atoms with Crippen molar-refractivity contribution in [3.8, 4) is 33.0 Å². The quantitative estimate of drug-likeness (QED) is 0.225. The second-order valence-corrected chi connectivity index (χ2v) is 9.68. The molecule has 36 heavy (non-hydrogen) atoms. The van der Waals surface area contributed by atoms with Gasteiger partial charge in [-0.2, -0.15) is 9.49 Å². The number of benzene rings is 2. The molecule has 4 aromatic heterocycles. The van der Waals surface area contributed by atoms with Gasteiger partial charge in [0.15, 0.2) is 5.13 Å². The van der Waals surface area contributed by atoms with Gasteiger partial charge in [-0.3, -0.25) is 14.9 Å². The molecule has 3 N–H and O–H groups in total. The summed E-state index contributed by atoms with van der Waals surface area (Å²) >= 11 is 1.14. The molecule has 0 saturated heterocycles. The predicted octanol–water partition coefficient (Wildman–Crippen LogP) is 7.38. The number of halogens is 1. The van der Waals surface area contributed by atoms with Crippen LogP contribution < -0.4 is 5.32 Å². The summed E-state index contributed by atoms with van der Waals surface area (Å²) in [7, 11) is 0. The molecule has 8 heteroatoms. The number of nitrogens with one attached hydrogen (secondary N) is 3. The zero-order chi connectivity index (χ0) is 24.6. The molecule has 0 atom stereocenters. The number of hydrogen-bond donors (Lipinski definition) is 3. The summed E-state index contributed by atoms with van der Waals surface area (Å²) in [5.41, 5.74) is 7.07. The Bertz CT molecular complexity index is 1730. The van der Waals surface area contributed by atoms with Crippen molar-refractivity contribution in [3.05, 3.63) is 78.2 Å². The van der Waals surface area contributed by atoms with Crippen molar-refractivity contribution >= 4 is 44.7 Å². The van der Waals surface area contributed by atoms with E-state index in [0.29, 0.717) is 12.1 Å². The van der Waals surface area contributed by atoms with Crippen LogP contribution in [-0.2, 0) is 4.79 Å². The van der Waals surface area contributed by atoms with Crippen LogP contribution in [-0.4, -0.2) is 26.1 Å². The SMILES string of the molecule is CCCC(=O)Nc1cncc(-c2ccc3[nH]nc(-c4cc5c(-c6ccc(F)s6)cccc5[nH]4)c3c2)c1. The van der Waals surface area contributed by atoms with Crippen LogP contribution in [0.5, 0.6) is 0 Å². The molecule has 0 aliphatic carbocycles. The number of fused-ring (bicyclic) bond motifs is 2. The Kier molecular flexibility index (Phi) is 5.58. The van der Waals surface area contributed by atoms with Crippen LogP contribution in [0.4, 0.5) is 10.1 Å². The molecule has 0 spiro atoms. The van der Waals surface area contributed by atoms with E-state index in [9.17, 15) is 9.18 Å². The van der Waals surface area contributed by atoms with Crippen LogP contribution in [0.3, 0.4) is 0 Å². The van der Waals surface area contributed by atoms with Crippen LogP contribution in [0, 0.1) is 5.13 Å². The summed E-state index contributed by atoms with van der Waals surface area (Å²) in [5.74, 6) is -0.0208. The smallest absolute Gasteiger partial charge is 0.224 e. The zero-order valence-electron chi connectivity index (χ0n) is 19.4. The molecule has 0 unspecified atom stereocenters. The Morgan fingerprint density at radius 2 is 1.92 bits per heavy atom. The van der Waals surface area contributed by atoms with E-state index in [2.05, 4.69) is 37.6 Å². The Morgan fingerprint density at radius 3 is 2.75 bits per heavy atom. The lowest BCUT2D eigenvalue weighted by molar-refractivity contribution is -0.116. The van der Waals surface area contributed by atoms with Crippen molar-refractivity contribution in [1.29, 1.82) is 0 Å². The number of rotatable bonds is 6. The molecule has 178 valence electrons. The number of aromatic nitrogens is 4. The first-order valence-electron chi connectivity index (χ1n) is 11.7. The normalized spacial score (nSPS) is 11.4. The van der Waals surface area contributed by atoms with Gasteiger partial charge >= 0.3 is 0 Å². The molecule has 6 aromatic rings. The van der Waals surface area contributed by atoms with E-state index in [1.165, 1.54) is 6.07 Å². The van der Waals surface area contributed by atoms with Gasteiger partial charge in [0.1, 0.15) is 5.69 Å². The molecule has 0 fully saturated rings. The lowest BCUT2D eigenvalue weighted by Crippen LogP contribution is -2.10. The minimum Gasteiger partial charge on any atom is -0.353 e. The van der Waals surface area contributed by atoms with E-state index in [1.54, 1.807) is 12.4 Å². The molecule has 2 aromatic carbocycles. The van der Waals surface area contributed by atoms with Crippen LogP contribution in [0.1, 0.15) is 19.8 Å². The second-order valence-electron chi connectivity index (χ2n) is 8.65. The van der Waals surface area contributed by atoms with Crippen molar-refractivity contribution in [2.24, 2.45) is 0 Å². The first-order valence-corrected chi connectivity index (χ1v) is 12.5. The molecule has 6 rings (SSSR count). The number of anilines is 1. The van der Waals surface area contributed by atoms with Crippen LogP contribution in [0.2, 0.25) is 0 Å². The maximum atomic E-state index is 13.7. The standard InChI is InChI=1S/C28H22FN5OS/c1-2-4-27(35)31-18-11-17(14-30-15-18)16-7-8-23-21(12-16)28(34-33-23)24-13-20-19(5-3-6-22(20)32-24)25-9-10-26(29)36-25/h3,5-15,32H,2,4H2,1H3,(H,31,35)(H,33,34). The van der Waals surface area contributed by atoms with Gasteiger partial charge in [-0.1, -0.05) is 25.1 Å². The lowest BCUT2D eigenvalue weighted by Gasteiger charge is -2.07. The zero-order valence-corrected chi connectivity index (χ0v) is 20.2. The van der Waals surface area contributed by atoms with Gasteiger partial charge in [-0.25, -0.2) is 0 Å². The third-order valence-corrected chi connectivity index (χ3v) is 7.06. The van der Waals surface area contributed by atoms with Crippen molar-refractivity contribution in [2.45, 2.75) is 19.8 Å². The Labute approximate surface area is 210 Å². The third-order valence-electron chi connectivity index (χ3n) is 6.15. The monoisotopic (exact) mass is 495 g/mol. The number of aromatic amines is 2.